The van der Waals surface area contributed by atoms with Gasteiger partial charge in [-0.25, -0.2) is 0 Å². The Bertz CT molecular complexity index is 165. The fourth-order valence-corrected chi connectivity index (χ4v) is 1.10. The molecule has 0 aromatic heterocycles. The van der Waals surface area contributed by atoms with Crippen molar-refractivity contribution >= 4 is 5.91 Å². The van der Waals surface area contributed by atoms with Gasteiger partial charge in [0.2, 0.25) is 5.91 Å². The van der Waals surface area contributed by atoms with Gasteiger partial charge in [0.1, 0.15) is 0 Å². The van der Waals surface area contributed by atoms with Crippen molar-refractivity contribution in [2.24, 2.45) is 5.73 Å². The van der Waals surface area contributed by atoms with Crippen molar-refractivity contribution in [2.75, 3.05) is 33.5 Å². The van der Waals surface area contributed by atoms with Crippen molar-refractivity contribution in [1.29, 1.82) is 0 Å². The van der Waals surface area contributed by atoms with Crippen molar-refractivity contribution in [3.05, 3.63) is 0 Å². The second-order valence-corrected chi connectivity index (χ2v) is 3.26. The summed E-state index contributed by atoms with van der Waals surface area (Å²) in [5.41, 5.74) is 5.15. The maximum absolute atomic E-state index is 10.8. The van der Waals surface area contributed by atoms with E-state index in [0.717, 1.165) is 13.0 Å². The molecule has 0 aliphatic carbocycles. The van der Waals surface area contributed by atoms with Crippen molar-refractivity contribution in [1.82, 2.24) is 5.32 Å². The number of amides is 1. The van der Waals surface area contributed by atoms with Gasteiger partial charge in [-0.05, 0) is 19.9 Å². The SMILES string of the molecule is CCCOCCOCCC(NC)C(N)=O. The first kappa shape index (κ1) is 14.3. The second kappa shape index (κ2) is 9.89. The van der Waals surface area contributed by atoms with Crippen molar-refractivity contribution < 1.29 is 14.3 Å². The van der Waals surface area contributed by atoms with E-state index < -0.39 is 0 Å². The van der Waals surface area contributed by atoms with E-state index in [1.807, 2.05) is 0 Å². The van der Waals surface area contributed by atoms with Gasteiger partial charge in [0.15, 0.2) is 0 Å². The molecule has 0 rings (SSSR count). The molecule has 90 valence electrons. The van der Waals surface area contributed by atoms with E-state index in [1.54, 1.807) is 7.05 Å². The quantitative estimate of drug-likeness (QED) is 0.502. The Kier molecular flexibility index (Phi) is 9.46. The molecule has 0 saturated carbocycles. The van der Waals surface area contributed by atoms with Crippen LogP contribution in [0.15, 0.2) is 0 Å². The summed E-state index contributed by atoms with van der Waals surface area (Å²) in [6.45, 7) is 4.52. The number of nitrogens with one attached hydrogen (secondary N) is 1. The lowest BCUT2D eigenvalue weighted by atomic mass is 10.2. The van der Waals surface area contributed by atoms with Crippen LogP contribution in [0, 0.1) is 0 Å². The van der Waals surface area contributed by atoms with Crippen molar-refractivity contribution in [2.45, 2.75) is 25.8 Å². The molecule has 15 heavy (non-hydrogen) atoms. The fourth-order valence-electron chi connectivity index (χ4n) is 1.10. The molecule has 1 unspecified atom stereocenters. The van der Waals surface area contributed by atoms with E-state index in [1.165, 1.54) is 0 Å². The molecule has 0 spiro atoms. The number of carbonyl (C=O) groups excluding carboxylic acids is 1. The average molecular weight is 218 g/mol. The van der Waals surface area contributed by atoms with E-state index >= 15 is 0 Å². The maximum Gasteiger partial charge on any atom is 0.234 e. The molecule has 0 bridgehead atoms. The molecule has 0 aliphatic heterocycles. The van der Waals surface area contributed by atoms with Crippen LogP contribution < -0.4 is 11.1 Å². The highest BCUT2D eigenvalue weighted by Gasteiger charge is 2.11. The summed E-state index contributed by atoms with van der Waals surface area (Å²) >= 11 is 0. The standard InChI is InChI=1S/C10H22N2O3/c1-3-5-14-7-8-15-6-4-9(12-2)10(11)13/h9,12H,3-8H2,1-2H3,(H2,11,13). The first-order chi connectivity index (χ1) is 7.22. The molecule has 0 aromatic rings. The number of ether oxygens (including phenoxy) is 2. The molecule has 0 aromatic carbocycles. The number of rotatable bonds is 10. The minimum Gasteiger partial charge on any atom is -0.379 e. The van der Waals surface area contributed by atoms with E-state index in [9.17, 15) is 4.79 Å². The zero-order valence-corrected chi connectivity index (χ0v) is 9.62. The third-order valence-corrected chi connectivity index (χ3v) is 1.96. The molecule has 0 radical (unpaired) electrons. The van der Waals surface area contributed by atoms with Crippen LogP contribution >= 0.6 is 0 Å². The topological polar surface area (TPSA) is 73.6 Å². The smallest absolute Gasteiger partial charge is 0.234 e. The summed E-state index contributed by atoms with van der Waals surface area (Å²) in [5.74, 6) is -0.344. The van der Waals surface area contributed by atoms with E-state index in [-0.39, 0.29) is 11.9 Å². The minimum atomic E-state index is -0.344. The zero-order valence-electron chi connectivity index (χ0n) is 9.62. The molecule has 0 saturated heterocycles. The zero-order chi connectivity index (χ0) is 11.5. The Morgan fingerprint density at radius 1 is 1.27 bits per heavy atom. The molecule has 1 atom stereocenters. The van der Waals surface area contributed by atoms with Crippen LogP contribution in [0.4, 0.5) is 0 Å². The number of primary amides is 1. The predicted molar refractivity (Wildman–Crippen MR) is 58.6 cm³/mol. The van der Waals surface area contributed by atoms with Crippen LogP contribution in [0.1, 0.15) is 19.8 Å². The van der Waals surface area contributed by atoms with Gasteiger partial charge in [-0.1, -0.05) is 6.92 Å². The Morgan fingerprint density at radius 2 is 1.87 bits per heavy atom. The lowest BCUT2D eigenvalue weighted by Crippen LogP contribution is -2.39. The number of nitrogens with two attached hydrogens (primary N) is 1. The minimum absolute atomic E-state index is 0.304. The predicted octanol–water partition coefficient (Wildman–Crippen LogP) is -0.107. The molecule has 1 amide bonds. The first-order valence-corrected chi connectivity index (χ1v) is 5.34. The highest BCUT2D eigenvalue weighted by Crippen LogP contribution is 1.91. The van der Waals surface area contributed by atoms with E-state index in [2.05, 4.69) is 12.2 Å². The van der Waals surface area contributed by atoms with Crippen LogP contribution in [0.2, 0.25) is 0 Å². The van der Waals surface area contributed by atoms with Gasteiger partial charge in [-0.3, -0.25) is 4.79 Å². The summed E-state index contributed by atoms with van der Waals surface area (Å²) in [5, 5.41) is 2.83. The van der Waals surface area contributed by atoms with Crippen LogP contribution in [-0.4, -0.2) is 45.4 Å². The molecule has 3 N–H and O–H groups in total. The van der Waals surface area contributed by atoms with E-state index in [0.29, 0.717) is 26.2 Å². The Hall–Kier alpha value is -0.650. The summed E-state index contributed by atoms with van der Waals surface area (Å²) in [7, 11) is 1.71. The number of likely N-dealkylation sites (N-methyl/N-ethyl adjacent to an activating group) is 1. The van der Waals surface area contributed by atoms with Gasteiger partial charge in [-0.2, -0.15) is 0 Å². The van der Waals surface area contributed by atoms with Gasteiger partial charge in [0.25, 0.3) is 0 Å². The van der Waals surface area contributed by atoms with Gasteiger partial charge < -0.3 is 20.5 Å². The second-order valence-electron chi connectivity index (χ2n) is 3.26. The fraction of sp³-hybridized carbons (Fsp3) is 0.900. The third-order valence-electron chi connectivity index (χ3n) is 1.96. The summed E-state index contributed by atoms with van der Waals surface area (Å²) in [6, 6.07) is -0.304. The Labute approximate surface area is 91.3 Å². The maximum atomic E-state index is 10.8. The molecule has 5 nitrogen and oxygen atoms in total. The number of hydrogen-bond donors (Lipinski definition) is 2. The largest absolute Gasteiger partial charge is 0.379 e. The summed E-state index contributed by atoms with van der Waals surface area (Å²) in [6.07, 6.45) is 1.61. The lowest BCUT2D eigenvalue weighted by Gasteiger charge is -2.11. The molecule has 0 aliphatic rings. The Morgan fingerprint density at radius 3 is 2.33 bits per heavy atom. The third kappa shape index (κ3) is 8.35. The molecular formula is C10H22N2O3. The first-order valence-electron chi connectivity index (χ1n) is 5.34. The van der Waals surface area contributed by atoms with Crippen LogP contribution in [0.5, 0.6) is 0 Å². The van der Waals surface area contributed by atoms with Gasteiger partial charge in [-0.15, -0.1) is 0 Å². The summed E-state index contributed by atoms with van der Waals surface area (Å²) < 4.78 is 10.5. The lowest BCUT2D eigenvalue weighted by molar-refractivity contribution is -0.120. The van der Waals surface area contributed by atoms with E-state index in [4.69, 9.17) is 15.2 Å². The van der Waals surface area contributed by atoms with Gasteiger partial charge in [0, 0.05) is 13.2 Å². The molecule has 0 heterocycles. The van der Waals surface area contributed by atoms with Gasteiger partial charge in [0.05, 0.1) is 19.3 Å². The normalized spacial score (nSPS) is 12.7. The highest BCUT2D eigenvalue weighted by molar-refractivity contribution is 5.79. The Balaban J connectivity index is 3.25. The van der Waals surface area contributed by atoms with Crippen molar-refractivity contribution in [3.8, 4) is 0 Å². The highest BCUT2D eigenvalue weighted by atomic mass is 16.5. The van der Waals surface area contributed by atoms with Crippen LogP contribution in [0.25, 0.3) is 0 Å². The van der Waals surface area contributed by atoms with Crippen LogP contribution in [-0.2, 0) is 14.3 Å². The summed E-state index contributed by atoms with van der Waals surface area (Å²) in [4.78, 5) is 10.8. The van der Waals surface area contributed by atoms with Crippen molar-refractivity contribution in [3.63, 3.8) is 0 Å². The molecule has 5 heteroatoms. The molecular weight excluding hydrogens is 196 g/mol. The number of carbonyl (C=O) groups is 1. The van der Waals surface area contributed by atoms with Crippen LogP contribution in [0.3, 0.4) is 0 Å². The molecule has 0 fully saturated rings. The van der Waals surface area contributed by atoms with Gasteiger partial charge >= 0.3 is 0 Å². The number of hydrogen-bond acceptors (Lipinski definition) is 4. The average Bonchev–Trinajstić information content (AvgIpc) is 2.21. The monoisotopic (exact) mass is 218 g/mol.